The molecule has 1 atom stereocenters. The summed E-state index contributed by atoms with van der Waals surface area (Å²) in [4.78, 5) is 72.0. The molecule has 0 radical (unpaired) electrons. The second-order valence-electron chi connectivity index (χ2n) is 13.3. The summed E-state index contributed by atoms with van der Waals surface area (Å²) in [5, 5.41) is 22.9. The summed E-state index contributed by atoms with van der Waals surface area (Å²) in [6.45, 7) is 3.98. The first-order valence-electron chi connectivity index (χ1n) is 19.4. The number of amides is 2. The van der Waals surface area contributed by atoms with E-state index in [9.17, 15) is 50.9 Å². The number of methoxy groups -OCH3 is 1. The largest absolute Gasteiger partial charge is 0.480 e. The number of nitrogens with one attached hydrogen (secondary N) is 2. The van der Waals surface area contributed by atoms with Crippen LogP contribution in [0, 0.1) is 17.0 Å². The summed E-state index contributed by atoms with van der Waals surface area (Å²) in [7, 11) is -2.78. The number of nitro benzene ring substituents is 1. The van der Waals surface area contributed by atoms with E-state index in [1.807, 2.05) is 4.72 Å². The molecule has 0 fully saturated rings. The van der Waals surface area contributed by atoms with E-state index in [1.54, 1.807) is 50.4 Å². The number of sulfonamides is 1. The maximum Gasteiger partial charge on any atom is 0.416 e. The van der Waals surface area contributed by atoms with Gasteiger partial charge in [-0.25, -0.2) is 32.3 Å². The number of carbonyl (C=O) groups is 4. The van der Waals surface area contributed by atoms with Gasteiger partial charge in [0.25, 0.3) is 15.7 Å². The molecule has 0 aliphatic heterocycles. The lowest BCUT2D eigenvalue weighted by Crippen LogP contribution is -2.35. The van der Waals surface area contributed by atoms with Crippen molar-refractivity contribution in [3.8, 4) is 23.3 Å². The fraction of sp³-hybridized carbons (Fsp3) is 0.190. The zero-order valence-corrected chi connectivity index (χ0v) is 39.4. The van der Waals surface area contributed by atoms with Crippen LogP contribution in [-0.2, 0) is 35.3 Å². The van der Waals surface area contributed by atoms with Gasteiger partial charge in [0.05, 0.1) is 39.3 Å². The number of carboxylic acids is 1. The second kappa shape index (κ2) is 24.6. The average molecular weight is 1060 g/mol. The number of benzene rings is 4. The molecule has 4 aromatic carbocycles. The van der Waals surface area contributed by atoms with Crippen LogP contribution in [0.3, 0.4) is 0 Å². The van der Waals surface area contributed by atoms with Crippen molar-refractivity contribution in [1.29, 1.82) is 0 Å². The zero-order chi connectivity index (χ0) is 51.9. The number of nitro groups is 1. The number of ether oxygens (including phenoxy) is 5. The molecule has 0 aliphatic rings. The van der Waals surface area contributed by atoms with Crippen LogP contribution in [0.2, 0.25) is 15.1 Å². The minimum absolute atomic E-state index is 0.00882. The maximum absolute atomic E-state index is 12.8. The Morgan fingerprint density at radius 2 is 1.60 bits per heavy atom. The number of anilines is 1. The van der Waals surface area contributed by atoms with Crippen LogP contribution in [0.4, 0.5) is 29.6 Å². The number of carbonyl (C=O) groups excluding carboxylic acids is 3. The predicted octanol–water partition coefficient (Wildman–Crippen LogP) is 8.87. The van der Waals surface area contributed by atoms with Crippen molar-refractivity contribution < 1.29 is 74.5 Å². The Kier molecular flexibility index (Phi) is 19.3. The van der Waals surface area contributed by atoms with Crippen LogP contribution >= 0.6 is 34.8 Å². The van der Waals surface area contributed by atoms with Gasteiger partial charge in [0, 0.05) is 23.7 Å². The lowest BCUT2D eigenvalue weighted by Gasteiger charge is -2.13. The summed E-state index contributed by atoms with van der Waals surface area (Å²) >= 11 is 17.6. The van der Waals surface area contributed by atoms with Gasteiger partial charge in [0.2, 0.25) is 5.95 Å². The highest BCUT2D eigenvalue weighted by Gasteiger charge is 2.32. The lowest BCUT2D eigenvalue weighted by molar-refractivity contribution is -0.385. The number of halogens is 6. The van der Waals surface area contributed by atoms with Crippen molar-refractivity contribution >= 4 is 91.3 Å². The van der Waals surface area contributed by atoms with Crippen LogP contribution in [0.25, 0.3) is 10.9 Å². The fourth-order valence-electron chi connectivity index (χ4n) is 5.26. The fourth-order valence-corrected chi connectivity index (χ4v) is 7.12. The number of aliphatic carboxylic acids is 1. The summed E-state index contributed by atoms with van der Waals surface area (Å²) in [6.07, 6.45) is -4.34. The first kappa shape index (κ1) is 55.0. The van der Waals surface area contributed by atoms with E-state index in [0.29, 0.717) is 28.2 Å². The number of nitrogens with zero attached hydrogens (tertiary/aromatic N) is 5. The number of rotatable bonds is 14. The topological polar surface area (TPSA) is 288 Å². The molecule has 0 bridgehead atoms. The van der Waals surface area contributed by atoms with Crippen LogP contribution in [0.1, 0.15) is 35.6 Å². The number of esters is 2. The number of carboxylic acid groups (broad SMARTS) is 1. The van der Waals surface area contributed by atoms with Gasteiger partial charge in [-0.1, -0.05) is 46.9 Å². The van der Waals surface area contributed by atoms with Gasteiger partial charge in [-0.2, -0.15) is 28.1 Å². The lowest BCUT2D eigenvalue weighted by atomic mass is 10.1. The quantitative estimate of drug-likeness (QED) is 0.0521. The molecule has 21 nitrogen and oxygen atoms in total. The molecule has 0 aliphatic carbocycles. The van der Waals surface area contributed by atoms with E-state index < -0.39 is 74.6 Å². The molecule has 0 saturated carbocycles. The molecule has 2 amide bonds. The number of pyridine rings is 1. The molecule has 6 aromatic rings. The molecule has 370 valence electrons. The number of fused-ring (bicyclic) bond motifs is 1. The Balaban J connectivity index is 0.000000240. The van der Waals surface area contributed by atoms with Gasteiger partial charge in [-0.3, -0.25) is 20.4 Å². The molecule has 6 rings (SSSR count). The van der Waals surface area contributed by atoms with Gasteiger partial charge in [-0.15, -0.1) is 0 Å². The highest BCUT2D eigenvalue weighted by molar-refractivity contribution is 7.90. The molecular formula is C42H35Cl3F3N7O14S. The first-order valence-corrected chi connectivity index (χ1v) is 22.0. The van der Waals surface area contributed by atoms with Crippen LogP contribution < -0.4 is 24.2 Å². The first-order chi connectivity index (χ1) is 32.9. The summed E-state index contributed by atoms with van der Waals surface area (Å²) in [5.74, 6) is -2.83. The Labute approximate surface area is 409 Å². The molecule has 28 heteroatoms. The standard InChI is InChI=1S/C19H15ClF3NO7.C12H12ClN5O4S.C11H8ClNO3/c1-3-29-17(25)10(2)30-18(26)13-9-12(5-6-15(13)24(27)28)31-16-7-4-11(8-14(16)20)19(21,22)23;1-7-14-10(17-12(15-7)22-2)16-11(19)18-23(20,21)9-6-4-3-5-8(9)13;12-8-3-4-9(16-6-10(14)15)11-7(8)2-1-5-13-11/h4-10H,3H2,1-2H3;3-6H,1-2H3,(H2,14,15,16,17,18,19);1-5H,6H2,(H,14,15). The Hall–Kier alpha value is -7.61. The third-order valence-corrected chi connectivity index (χ3v) is 10.7. The number of aromatic nitrogens is 4. The second-order valence-corrected chi connectivity index (χ2v) is 16.2. The minimum Gasteiger partial charge on any atom is -0.480 e. The van der Waals surface area contributed by atoms with Crippen molar-refractivity contribution in [1.82, 2.24) is 24.7 Å². The monoisotopic (exact) mass is 1060 g/mol. The van der Waals surface area contributed by atoms with Gasteiger partial charge in [-0.05, 0) is 81.4 Å². The minimum atomic E-state index is -4.61. The SMILES string of the molecule is CCOC(=O)C(C)OC(=O)c1cc(Oc2ccc(C(F)(F)F)cc2Cl)ccc1[N+](=O)[O-].COc1nc(C)nc(NC(=O)NS(=O)(=O)c2ccccc2Cl)n1.O=C(O)COc1ccc(Cl)c2cccnc12. The number of urea groups is 1. The van der Waals surface area contributed by atoms with Crippen LogP contribution in [-0.4, -0.2) is 88.8 Å². The summed E-state index contributed by atoms with van der Waals surface area (Å²) < 4.78 is 89.2. The highest BCUT2D eigenvalue weighted by atomic mass is 35.5. The van der Waals surface area contributed by atoms with E-state index in [0.717, 1.165) is 35.7 Å². The zero-order valence-electron chi connectivity index (χ0n) is 36.3. The van der Waals surface area contributed by atoms with E-state index in [-0.39, 0.29) is 45.0 Å². The molecule has 0 saturated heterocycles. The Morgan fingerprint density at radius 3 is 2.23 bits per heavy atom. The molecular weight excluding hydrogens is 1020 g/mol. The van der Waals surface area contributed by atoms with Crippen LogP contribution in [0.15, 0.2) is 96.0 Å². The van der Waals surface area contributed by atoms with Crippen molar-refractivity contribution in [3.63, 3.8) is 0 Å². The van der Waals surface area contributed by atoms with E-state index in [1.165, 1.54) is 32.2 Å². The number of hydrogen-bond donors (Lipinski definition) is 3. The third-order valence-electron chi connectivity index (χ3n) is 8.29. The van der Waals surface area contributed by atoms with Crippen molar-refractivity contribution in [2.45, 2.75) is 37.9 Å². The summed E-state index contributed by atoms with van der Waals surface area (Å²) in [6, 6.07) is 16.9. The highest BCUT2D eigenvalue weighted by Crippen LogP contribution is 2.37. The smallest absolute Gasteiger partial charge is 0.416 e. The predicted molar refractivity (Wildman–Crippen MR) is 243 cm³/mol. The normalized spacial score (nSPS) is 11.3. The Morgan fingerprint density at radius 1 is 0.900 bits per heavy atom. The number of aryl methyl sites for hydroxylation is 1. The third kappa shape index (κ3) is 15.7. The van der Waals surface area contributed by atoms with E-state index >= 15 is 0 Å². The van der Waals surface area contributed by atoms with Gasteiger partial charge >= 0.3 is 36.1 Å². The van der Waals surface area contributed by atoms with E-state index in [2.05, 4.69) is 25.3 Å². The number of hydrogen-bond acceptors (Lipinski definition) is 17. The van der Waals surface area contributed by atoms with Gasteiger partial charge < -0.3 is 28.8 Å². The molecule has 2 heterocycles. The maximum atomic E-state index is 12.8. The van der Waals surface area contributed by atoms with Crippen molar-refractivity contribution in [3.05, 3.63) is 133 Å². The Bertz CT molecular complexity index is 3030. The molecule has 2 aromatic heterocycles. The molecule has 70 heavy (non-hydrogen) atoms. The van der Waals surface area contributed by atoms with Crippen molar-refractivity contribution in [2.75, 3.05) is 25.6 Å². The average Bonchev–Trinajstić information content (AvgIpc) is 3.29. The molecule has 3 N–H and O–H groups in total. The van der Waals surface area contributed by atoms with Gasteiger partial charge in [0.1, 0.15) is 39.0 Å². The molecule has 1 unspecified atom stereocenters. The van der Waals surface area contributed by atoms with Crippen molar-refractivity contribution in [2.24, 2.45) is 0 Å². The number of alkyl halides is 3. The summed E-state index contributed by atoms with van der Waals surface area (Å²) in [5.41, 5.74) is -1.60. The van der Waals surface area contributed by atoms with E-state index in [4.69, 9.17) is 63.6 Å². The molecule has 0 spiro atoms. The van der Waals surface area contributed by atoms with Gasteiger partial charge in [0.15, 0.2) is 12.7 Å². The van der Waals surface area contributed by atoms with Crippen LogP contribution in [0.5, 0.6) is 23.3 Å².